The van der Waals surface area contributed by atoms with Crippen molar-refractivity contribution in [2.24, 2.45) is 0 Å². The Kier molecular flexibility index (Phi) is 7.50. The van der Waals surface area contributed by atoms with Crippen LogP contribution in [0.1, 0.15) is 37.3 Å². The van der Waals surface area contributed by atoms with Crippen molar-refractivity contribution in [2.45, 2.75) is 45.3 Å². The van der Waals surface area contributed by atoms with E-state index in [1.807, 2.05) is 25.1 Å². The first-order chi connectivity index (χ1) is 14.4. The van der Waals surface area contributed by atoms with Crippen LogP contribution in [0.4, 0.5) is 5.69 Å². The summed E-state index contributed by atoms with van der Waals surface area (Å²) in [6.45, 7) is 5.40. The molecule has 1 N–H and O–H groups in total. The molecule has 1 fully saturated rings. The van der Waals surface area contributed by atoms with Gasteiger partial charge in [-0.3, -0.25) is 14.0 Å². The van der Waals surface area contributed by atoms with Crippen LogP contribution >= 0.6 is 0 Å². The molecule has 3 rings (SSSR count). The summed E-state index contributed by atoms with van der Waals surface area (Å²) in [7, 11) is -3.61. The zero-order valence-corrected chi connectivity index (χ0v) is 18.6. The number of sulfonamides is 1. The fourth-order valence-electron chi connectivity index (χ4n) is 3.98. The number of hydrogen-bond acceptors (Lipinski definition) is 4. The topological polar surface area (TPSA) is 69.7 Å². The predicted octanol–water partition coefficient (Wildman–Crippen LogP) is 3.14. The second-order valence-corrected chi connectivity index (χ2v) is 9.70. The van der Waals surface area contributed by atoms with Gasteiger partial charge in [-0.25, -0.2) is 8.42 Å². The van der Waals surface area contributed by atoms with E-state index in [-0.39, 0.29) is 5.91 Å². The first-order valence-electron chi connectivity index (χ1n) is 10.5. The van der Waals surface area contributed by atoms with E-state index in [9.17, 15) is 13.2 Å². The molecule has 30 heavy (non-hydrogen) atoms. The van der Waals surface area contributed by atoms with Gasteiger partial charge in [-0.1, -0.05) is 49.4 Å². The Hall–Kier alpha value is -2.38. The first-order valence-corrected chi connectivity index (χ1v) is 12.4. The lowest BCUT2D eigenvalue weighted by Gasteiger charge is -2.30. The van der Waals surface area contributed by atoms with Gasteiger partial charge in [0, 0.05) is 13.1 Å². The summed E-state index contributed by atoms with van der Waals surface area (Å²) in [4.78, 5) is 15.4. The lowest BCUT2D eigenvalue weighted by Crippen LogP contribution is -2.49. The van der Waals surface area contributed by atoms with Crippen molar-refractivity contribution < 1.29 is 13.2 Å². The van der Waals surface area contributed by atoms with Gasteiger partial charge in [0.1, 0.15) is 6.04 Å². The molecule has 1 aliphatic rings. The lowest BCUT2D eigenvalue weighted by atomic mass is 10.1. The highest BCUT2D eigenvalue weighted by Gasteiger charge is 2.31. The average molecular weight is 430 g/mol. The number of carbonyl (C=O) groups excluding carboxylic acids is 1. The van der Waals surface area contributed by atoms with Crippen LogP contribution in [0, 0.1) is 0 Å². The third-order valence-electron chi connectivity index (χ3n) is 5.40. The van der Waals surface area contributed by atoms with E-state index in [4.69, 9.17) is 0 Å². The molecule has 0 unspecified atom stereocenters. The third kappa shape index (κ3) is 5.83. The number of rotatable bonds is 9. The summed E-state index contributed by atoms with van der Waals surface area (Å²) < 4.78 is 26.1. The van der Waals surface area contributed by atoms with Gasteiger partial charge in [0.2, 0.25) is 15.9 Å². The molecule has 2 aromatic carbocycles. The molecule has 2 aromatic rings. The summed E-state index contributed by atoms with van der Waals surface area (Å²) in [6.07, 6.45) is 4.03. The van der Waals surface area contributed by atoms with Crippen molar-refractivity contribution in [1.82, 2.24) is 10.2 Å². The van der Waals surface area contributed by atoms with Crippen molar-refractivity contribution in [3.05, 3.63) is 65.7 Å². The van der Waals surface area contributed by atoms with Crippen LogP contribution in [0.25, 0.3) is 0 Å². The van der Waals surface area contributed by atoms with Crippen molar-refractivity contribution in [1.29, 1.82) is 0 Å². The molecule has 1 aliphatic heterocycles. The standard InChI is InChI=1S/C23H31N3O3S/c1-3-22(26(30(2,28)29)21-12-5-4-6-13-21)23(27)24-17-19-10-9-11-20(16-19)18-25-14-7-8-15-25/h4-6,9-13,16,22H,3,7-8,14-15,17-18H2,1-2H3,(H,24,27)/t22-/m0/s1. The smallest absolute Gasteiger partial charge is 0.244 e. The minimum atomic E-state index is -3.61. The normalized spacial score (nSPS) is 15.7. The Morgan fingerprint density at radius 2 is 1.73 bits per heavy atom. The van der Waals surface area contributed by atoms with Gasteiger partial charge in [0.25, 0.3) is 0 Å². The highest BCUT2D eigenvalue weighted by molar-refractivity contribution is 7.92. The third-order valence-corrected chi connectivity index (χ3v) is 6.58. The number of nitrogens with zero attached hydrogens (tertiary/aromatic N) is 2. The summed E-state index contributed by atoms with van der Waals surface area (Å²) in [5.41, 5.74) is 2.74. The number of hydrogen-bond donors (Lipinski definition) is 1. The summed E-state index contributed by atoms with van der Waals surface area (Å²) in [6, 6.07) is 16.2. The maximum atomic E-state index is 12.9. The van der Waals surface area contributed by atoms with E-state index < -0.39 is 16.1 Å². The van der Waals surface area contributed by atoms with Gasteiger partial charge in [-0.05, 0) is 55.6 Å². The second kappa shape index (κ2) is 10.1. The van der Waals surface area contributed by atoms with E-state index in [2.05, 4.69) is 22.3 Å². The van der Waals surface area contributed by atoms with Crippen LogP contribution in [0.3, 0.4) is 0 Å². The Labute approximate surface area is 179 Å². The molecule has 1 amide bonds. The number of nitrogens with one attached hydrogen (secondary N) is 1. The summed E-state index contributed by atoms with van der Waals surface area (Å²) >= 11 is 0. The molecule has 1 heterocycles. The van der Waals surface area contributed by atoms with Crippen LogP contribution in [0.2, 0.25) is 0 Å². The van der Waals surface area contributed by atoms with E-state index in [0.717, 1.165) is 31.5 Å². The van der Waals surface area contributed by atoms with Crippen molar-refractivity contribution in [3.8, 4) is 0 Å². The molecule has 0 spiro atoms. The molecule has 0 aliphatic carbocycles. The van der Waals surface area contributed by atoms with Crippen LogP contribution in [-0.4, -0.2) is 44.6 Å². The maximum Gasteiger partial charge on any atom is 0.244 e. The predicted molar refractivity (Wildman–Crippen MR) is 121 cm³/mol. The number of carbonyl (C=O) groups is 1. The number of amides is 1. The van der Waals surface area contributed by atoms with E-state index in [0.29, 0.717) is 18.7 Å². The molecule has 0 bridgehead atoms. The number of anilines is 1. The zero-order valence-electron chi connectivity index (χ0n) is 17.8. The highest BCUT2D eigenvalue weighted by Crippen LogP contribution is 2.22. The molecule has 6 nitrogen and oxygen atoms in total. The Bertz CT molecular complexity index is 941. The van der Waals surface area contributed by atoms with Crippen LogP contribution < -0.4 is 9.62 Å². The van der Waals surface area contributed by atoms with Crippen molar-refractivity contribution in [3.63, 3.8) is 0 Å². The van der Waals surface area contributed by atoms with Gasteiger partial charge in [0.05, 0.1) is 11.9 Å². The van der Waals surface area contributed by atoms with Crippen LogP contribution in [-0.2, 0) is 27.9 Å². The van der Waals surface area contributed by atoms with Gasteiger partial charge < -0.3 is 5.32 Å². The molecular weight excluding hydrogens is 398 g/mol. The van der Waals surface area contributed by atoms with Gasteiger partial charge in [-0.2, -0.15) is 0 Å². The summed E-state index contributed by atoms with van der Waals surface area (Å²) in [5.74, 6) is -0.295. The molecule has 0 radical (unpaired) electrons. The SMILES string of the molecule is CC[C@@H](C(=O)NCc1cccc(CN2CCCC2)c1)N(c1ccccc1)S(C)(=O)=O. The molecule has 0 saturated carbocycles. The molecule has 1 atom stereocenters. The largest absolute Gasteiger partial charge is 0.350 e. The zero-order chi connectivity index (χ0) is 21.6. The highest BCUT2D eigenvalue weighted by atomic mass is 32.2. The van der Waals surface area contributed by atoms with E-state index in [1.165, 1.54) is 22.7 Å². The lowest BCUT2D eigenvalue weighted by molar-refractivity contribution is -0.122. The maximum absolute atomic E-state index is 12.9. The fraction of sp³-hybridized carbons (Fsp3) is 0.435. The monoisotopic (exact) mass is 429 g/mol. The number of benzene rings is 2. The minimum absolute atomic E-state index is 0.295. The molecule has 162 valence electrons. The minimum Gasteiger partial charge on any atom is -0.350 e. The van der Waals surface area contributed by atoms with Gasteiger partial charge in [0.15, 0.2) is 0 Å². The van der Waals surface area contributed by atoms with Gasteiger partial charge in [-0.15, -0.1) is 0 Å². The van der Waals surface area contributed by atoms with E-state index >= 15 is 0 Å². The Balaban J connectivity index is 1.69. The summed E-state index contributed by atoms with van der Waals surface area (Å²) in [5, 5.41) is 2.93. The Morgan fingerprint density at radius 1 is 1.07 bits per heavy atom. The molecule has 0 aromatic heterocycles. The fourth-order valence-corrected chi connectivity index (χ4v) is 5.19. The quantitative estimate of drug-likeness (QED) is 0.665. The van der Waals surface area contributed by atoms with Crippen LogP contribution in [0.15, 0.2) is 54.6 Å². The second-order valence-electron chi connectivity index (χ2n) is 7.84. The first kappa shape index (κ1) is 22.3. The van der Waals surface area contributed by atoms with Crippen molar-refractivity contribution >= 4 is 21.6 Å². The van der Waals surface area contributed by atoms with Crippen LogP contribution in [0.5, 0.6) is 0 Å². The average Bonchev–Trinajstić information content (AvgIpc) is 3.23. The molecule has 7 heteroatoms. The number of para-hydroxylation sites is 1. The molecule has 1 saturated heterocycles. The number of likely N-dealkylation sites (tertiary alicyclic amines) is 1. The molecular formula is C23H31N3O3S. The van der Waals surface area contributed by atoms with E-state index in [1.54, 1.807) is 24.3 Å². The Morgan fingerprint density at radius 3 is 2.37 bits per heavy atom. The van der Waals surface area contributed by atoms with Crippen molar-refractivity contribution in [2.75, 3.05) is 23.7 Å². The van der Waals surface area contributed by atoms with Gasteiger partial charge >= 0.3 is 0 Å².